The molecule has 0 aromatic carbocycles. The number of hydrogen-bond acceptors (Lipinski definition) is 3. The van der Waals surface area contributed by atoms with Crippen LogP contribution in [-0.4, -0.2) is 22.9 Å². The lowest BCUT2D eigenvalue weighted by Crippen LogP contribution is -2.35. The van der Waals surface area contributed by atoms with Crippen LogP contribution in [0.2, 0.25) is 0 Å². The average molecular weight is 250 g/mol. The molecule has 1 aliphatic rings. The standard InChI is InChI=1S/C14H26N4/c1-4-5-12-6-8-18(9-7-12)14-13(10-15)11(2)16-17(14)3/h12H,4-10,15H2,1-3H3. The molecule has 0 atom stereocenters. The number of anilines is 1. The van der Waals surface area contributed by atoms with Gasteiger partial charge in [-0.1, -0.05) is 19.8 Å². The molecule has 1 aliphatic heterocycles. The van der Waals surface area contributed by atoms with Crippen LogP contribution in [0.25, 0.3) is 0 Å². The van der Waals surface area contributed by atoms with Crippen LogP contribution >= 0.6 is 0 Å². The quantitative estimate of drug-likeness (QED) is 0.891. The zero-order valence-electron chi connectivity index (χ0n) is 11.9. The Morgan fingerprint density at radius 3 is 2.56 bits per heavy atom. The summed E-state index contributed by atoms with van der Waals surface area (Å²) in [5.41, 5.74) is 8.16. The molecule has 1 aromatic rings. The fourth-order valence-electron chi connectivity index (χ4n) is 3.17. The van der Waals surface area contributed by atoms with Gasteiger partial charge in [0.25, 0.3) is 0 Å². The second kappa shape index (κ2) is 5.74. The smallest absolute Gasteiger partial charge is 0.131 e. The summed E-state index contributed by atoms with van der Waals surface area (Å²) in [6, 6.07) is 0. The van der Waals surface area contributed by atoms with E-state index in [4.69, 9.17) is 5.73 Å². The van der Waals surface area contributed by atoms with Crippen molar-refractivity contribution in [1.82, 2.24) is 9.78 Å². The Kier molecular flexibility index (Phi) is 4.27. The number of piperidine rings is 1. The number of aryl methyl sites for hydroxylation is 2. The predicted molar refractivity (Wildman–Crippen MR) is 75.7 cm³/mol. The van der Waals surface area contributed by atoms with Gasteiger partial charge in [-0.25, -0.2) is 0 Å². The maximum Gasteiger partial charge on any atom is 0.131 e. The van der Waals surface area contributed by atoms with Crippen LogP contribution in [0.3, 0.4) is 0 Å². The third-order valence-electron chi connectivity index (χ3n) is 4.13. The lowest BCUT2D eigenvalue weighted by atomic mass is 9.92. The zero-order valence-corrected chi connectivity index (χ0v) is 11.9. The van der Waals surface area contributed by atoms with Gasteiger partial charge in [0.05, 0.1) is 5.69 Å². The van der Waals surface area contributed by atoms with Gasteiger partial charge in [0, 0.05) is 32.2 Å². The molecule has 4 heteroatoms. The van der Waals surface area contributed by atoms with Crippen LogP contribution in [0.15, 0.2) is 0 Å². The molecule has 0 radical (unpaired) electrons. The summed E-state index contributed by atoms with van der Waals surface area (Å²) in [5.74, 6) is 2.16. The first-order valence-electron chi connectivity index (χ1n) is 7.14. The van der Waals surface area contributed by atoms with Gasteiger partial charge in [-0.05, 0) is 25.7 Å². The second-order valence-corrected chi connectivity index (χ2v) is 5.43. The minimum atomic E-state index is 0.587. The Morgan fingerprint density at radius 2 is 2.00 bits per heavy atom. The molecular weight excluding hydrogens is 224 g/mol. The van der Waals surface area contributed by atoms with E-state index in [2.05, 4.69) is 23.8 Å². The van der Waals surface area contributed by atoms with Crippen LogP contribution in [0.1, 0.15) is 43.9 Å². The van der Waals surface area contributed by atoms with E-state index in [1.54, 1.807) is 0 Å². The van der Waals surface area contributed by atoms with Crippen molar-refractivity contribution in [3.63, 3.8) is 0 Å². The van der Waals surface area contributed by atoms with E-state index in [0.29, 0.717) is 6.54 Å². The van der Waals surface area contributed by atoms with E-state index in [-0.39, 0.29) is 0 Å². The van der Waals surface area contributed by atoms with E-state index < -0.39 is 0 Å². The highest BCUT2D eigenvalue weighted by Crippen LogP contribution is 2.29. The molecule has 2 N–H and O–H groups in total. The first kappa shape index (κ1) is 13.4. The molecule has 0 spiro atoms. The monoisotopic (exact) mass is 250 g/mol. The Hall–Kier alpha value is -1.03. The largest absolute Gasteiger partial charge is 0.357 e. The molecule has 18 heavy (non-hydrogen) atoms. The minimum absolute atomic E-state index is 0.587. The van der Waals surface area contributed by atoms with Crippen LogP contribution in [0.5, 0.6) is 0 Å². The maximum atomic E-state index is 5.87. The van der Waals surface area contributed by atoms with E-state index in [1.807, 2.05) is 11.7 Å². The lowest BCUT2D eigenvalue weighted by molar-refractivity contribution is 0.375. The number of rotatable bonds is 4. The van der Waals surface area contributed by atoms with E-state index in [1.165, 1.54) is 37.1 Å². The van der Waals surface area contributed by atoms with Gasteiger partial charge in [-0.15, -0.1) is 0 Å². The molecule has 2 rings (SSSR count). The van der Waals surface area contributed by atoms with Crippen LogP contribution < -0.4 is 10.6 Å². The van der Waals surface area contributed by atoms with E-state index in [9.17, 15) is 0 Å². The molecule has 0 aliphatic carbocycles. The molecule has 0 unspecified atom stereocenters. The molecule has 102 valence electrons. The molecule has 4 nitrogen and oxygen atoms in total. The Balaban J connectivity index is 2.09. The SMILES string of the molecule is CCCC1CCN(c2c(CN)c(C)nn2C)CC1. The summed E-state index contributed by atoms with van der Waals surface area (Å²) in [6.07, 6.45) is 5.30. The number of aromatic nitrogens is 2. The fraction of sp³-hybridized carbons (Fsp3) is 0.786. The van der Waals surface area contributed by atoms with Crippen LogP contribution in [0.4, 0.5) is 5.82 Å². The summed E-state index contributed by atoms with van der Waals surface area (Å²) >= 11 is 0. The van der Waals surface area contributed by atoms with Crippen LogP contribution in [0, 0.1) is 12.8 Å². The minimum Gasteiger partial charge on any atom is -0.357 e. The normalized spacial score (nSPS) is 17.4. The number of nitrogens with two attached hydrogens (primary N) is 1. The summed E-state index contributed by atoms with van der Waals surface area (Å²) < 4.78 is 2.00. The predicted octanol–water partition coefficient (Wildman–Crippen LogP) is 2.20. The molecule has 1 fully saturated rings. The van der Waals surface area contributed by atoms with E-state index >= 15 is 0 Å². The molecular formula is C14H26N4. The topological polar surface area (TPSA) is 47.1 Å². The van der Waals surface area contributed by atoms with Crippen molar-refractivity contribution in [3.05, 3.63) is 11.3 Å². The molecule has 2 heterocycles. The Labute approximate surface area is 110 Å². The first-order valence-corrected chi connectivity index (χ1v) is 7.14. The van der Waals surface area contributed by atoms with Gasteiger partial charge in [-0.3, -0.25) is 4.68 Å². The van der Waals surface area contributed by atoms with Crippen molar-refractivity contribution in [2.24, 2.45) is 18.7 Å². The van der Waals surface area contributed by atoms with Gasteiger partial charge in [0.15, 0.2) is 0 Å². The maximum absolute atomic E-state index is 5.87. The fourth-order valence-corrected chi connectivity index (χ4v) is 3.17. The Morgan fingerprint density at radius 1 is 1.33 bits per heavy atom. The molecule has 0 bridgehead atoms. The molecule has 1 aromatic heterocycles. The third kappa shape index (κ3) is 2.53. The van der Waals surface area contributed by atoms with Crippen LogP contribution in [-0.2, 0) is 13.6 Å². The van der Waals surface area contributed by atoms with Crippen molar-refractivity contribution in [1.29, 1.82) is 0 Å². The van der Waals surface area contributed by atoms with Gasteiger partial charge < -0.3 is 10.6 Å². The van der Waals surface area contributed by atoms with Gasteiger partial charge in [0.2, 0.25) is 0 Å². The Bertz CT molecular complexity index is 389. The highest BCUT2D eigenvalue weighted by Gasteiger charge is 2.23. The van der Waals surface area contributed by atoms with Crippen molar-refractivity contribution in [2.45, 2.75) is 46.1 Å². The number of hydrogen-bond donors (Lipinski definition) is 1. The molecule has 0 amide bonds. The third-order valence-corrected chi connectivity index (χ3v) is 4.13. The van der Waals surface area contributed by atoms with Crippen molar-refractivity contribution in [3.8, 4) is 0 Å². The molecule has 0 saturated carbocycles. The summed E-state index contributed by atoms with van der Waals surface area (Å²) in [4.78, 5) is 2.47. The second-order valence-electron chi connectivity index (χ2n) is 5.43. The van der Waals surface area contributed by atoms with Crippen molar-refractivity contribution >= 4 is 5.82 Å². The van der Waals surface area contributed by atoms with Gasteiger partial charge in [-0.2, -0.15) is 5.10 Å². The van der Waals surface area contributed by atoms with Crippen molar-refractivity contribution < 1.29 is 0 Å². The highest BCUT2D eigenvalue weighted by molar-refractivity contribution is 5.50. The van der Waals surface area contributed by atoms with Gasteiger partial charge >= 0.3 is 0 Å². The van der Waals surface area contributed by atoms with E-state index in [0.717, 1.165) is 24.7 Å². The summed E-state index contributed by atoms with van der Waals surface area (Å²) in [5, 5.41) is 4.51. The van der Waals surface area contributed by atoms with Gasteiger partial charge in [0.1, 0.15) is 5.82 Å². The molecule has 1 saturated heterocycles. The summed E-state index contributed by atoms with van der Waals surface area (Å²) in [7, 11) is 2.03. The highest BCUT2D eigenvalue weighted by atomic mass is 15.4. The zero-order chi connectivity index (χ0) is 13.1. The average Bonchev–Trinajstić information content (AvgIpc) is 2.65. The van der Waals surface area contributed by atoms with Crippen molar-refractivity contribution in [2.75, 3.05) is 18.0 Å². The number of nitrogens with zero attached hydrogens (tertiary/aromatic N) is 3. The lowest BCUT2D eigenvalue weighted by Gasteiger charge is -2.34. The first-order chi connectivity index (χ1) is 8.67. The summed E-state index contributed by atoms with van der Waals surface area (Å²) in [6.45, 7) is 7.22.